The van der Waals surface area contributed by atoms with Gasteiger partial charge in [0, 0.05) is 74.9 Å². The molecule has 3 heterocycles. The van der Waals surface area contributed by atoms with Gasteiger partial charge in [-0.05, 0) is 64.9 Å². The Hall–Kier alpha value is -5.65. The summed E-state index contributed by atoms with van der Waals surface area (Å²) < 4.78 is 34.3. The fourth-order valence-corrected chi connectivity index (χ4v) is 9.00. The molecular formula is C54H66ClN5O10. The maximum Gasteiger partial charge on any atom is 0.255 e. The molecule has 0 saturated carbocycles. The second kappa shape index (κ2) is 28.3. The Balaban J connectivity index is 0.657. The number of piperazine rings is 1. The van der Waals surface area contributed by atoms with Crippen LogP contribution in [0.2, 0.25) is 0 Å². The number of anilines is 1. The van der Waals surface area contributed by atoms with E-state index in [1.807, 2.05) is 41.3 Å². The number of benzene rings is 4. The molecular weight excluding hydrogens is 914 g/mol. The summed E-state index contributed by atoms with van der Waals surface area (Å²) in [5.74, 6) is 0.529. The van der Waals surface area contributed by atoms with Gasteiger partial charge in [0.1, 0.15) is 18.4 Å². The lowest BCUT2D eigenvalue weighted by molar-refractivity contribution is -0.137. The van der Waals surface area contributed by atoms with Gasteiger partial charge < -0.3 is 43.5 Å². The molecule has 0 aliphatic carbocycles. The molecule has 0 bridgehead atoms. The van der Waals surface area contributed by atoms with Gasteiger partial charge in [-0.1, -0.05) is 78.9 Å². The number of hydrogen-bond acceptors (Lipinski definition) is 12. The Morgan fingerprint density at radius 3 is 1.87 bits per heavy atom. The Morgan fingerprint density at radius 2 is 1.24 bits per heavy atom. The van der Waals surface area contributed by atoms with Crippen LogP contribution < -0.4 is 15.4 Å². The zero-order valence-electron chi connectivity index (χ0n) is 40.0. The van der Waals surface area contributed by atoms with Crippen molar-refractivity contribution >= 4 is 52.1 Å². The maximum absolute atomic E-state index is 13.0. The molecule has 4 amide bonds. The van der Waals surface area contributed by atoms with E-state index in [2.05, 4.69) is 76.2 Å². The monoisotopic (exact) mass is 979 g/mol. The van der Waals surface area contributed by atoms with Crippen molar-refractivity contribution < 1.29 is 47.6 Å². The van der Waals surface area contributed by atoms with E-state index in [0.29, 0.717) is 123 Å². The molecule has 2 saturated heterocycles. The normalized spacial score (nSPS) is 16.5. The van der Waals surface area contributed by atoms with Crippen molar-refractivity contribution in [1.82, 2.24) is 20.0 Å². The van der Waals surface area contributed by atoms with Gasteiger partial charge in [-0.15, -0.1) is 11.6 Å². The average Bonchev–Trinajstić information content (AvgIpc) is 3.72. The summed E-state index contributed by atoms with van der Waals surface area (Å²) in [7, 11) is 0. The highest BCUT2D eigenvalue weighted by Crippen LogP contribution is 2.36. The van der Waals surface area contributed by atoms with Crippen LogP contribution in [0, 0.1) is 0 Å². The number of halogens is 1. The zero-order valence-corrected chi connectivity index (χ0v) is 40.7. The van der Waals surface area contributed by atoms with Crippen molar-refractivity contribution in [3.63, 3.8) is 0 Å². The molecule has 374 valence electrons. The largest absolute Gasteiger partial charge is 0.492 e. The quantitative estimate of drug-likeness (QED) is 0.0278. The molecule has 0 aromatic heterocycles. The third-order valence-electron chi connectivity index (χ3n) is 12.5. The Bertz CT molecular complexity index is 2310. The first-order chi connectivity index (χ1) is 34.4. The lowest BCUT2D eigenvalue weighted by Gasteiger charge is -2.34. The van der Waals surface area contributed by atoms with E-state index in [1.165, 1.54) is 16.7 Å². The van der Waals surface area contributed by atoms with Crippen LogP contribution in [-0.2, 0) is 44.6 Å². The number of piperidine rings is 1. The lowest BCUT2D eigenvalue weighted by Crippen LogP contribution is -2.52. The van der Waals surface area contributed by atoms with Crippen molar-refractivity contribution in [1.29, 1.82) is 0 Å². The number of rotatable bonds is 29. The lowest BCUT2D eigenvalue weighted by atomic mass is 9.88. The number of carbonyl (C=O) groups excluding carboxylic acids is 4. The van der Waals surface area contributed by atoms with Gasteiger partial charge in [-0.3, -0.25) is 29.4 Å². The first-order valence-electron chi connectivity index (χ1n) is 24.4. The highest BCUT2D eigenvalue weighted by molar-refractivity contribution is 6.18. The van der Waals surface area contributed by atoms with Crippen molar-refractivity contribution in [2.45, 2.75) is 38.3 Å². The molecule has 4 aromatic carbocycles. The third-order valence-corrected chi connectivity index (χ3v) is 12.7. The van der Waals surface area contributed by atoms with Gasteiger partial charge in [0.2, 0.25) is 17.7 Å². The number of ether oxygens (including phenoxy) is 6. The van der Waals surface area contributed by atoms with Crippen LogP contribution in [0.15, 0.2) is 103 Å². The van der Waals surface area contributed by atoms with Crippen LogP contribution >= 0.6 is 11.6 Å². The summed E-state index contributed by atoms with van der Waals surface area (Å²) in [6, 6.07) is 34.1. The minimum Gasteiger partial charge on any atom is -0.492 e. The number of imide groups is 1. The van der Waals surface area contributed by atoms with E-state index in [4.69, 9.17) is 40.0 Å². The number of nitrogens with one attached hydrogen (secondary N) is 2. The van der Waals surface area contributed by atoms with E-state index in [9.17, 15) is 19.2 Å². The van der Waals surface area contributed by atoms with E-state index in [0.717, 1.165) is 54.2 Å². The molecule has 2 fully saturated rings. The topological polar surface area (TPSA) is 157 Å². The summed E-state index contributed by atoms with van der Waals surface area (Å²) in [6.07, 6.45) is 1.64. The first kappa shape index (κ1) is 52.2. The third kappa shape index (κ3) is 15.4. The van der Waals surface area contributed by atoms with Gasteiger partial charge in [0.15, 0.2) is 0 Å². The fraction of sp³-hybridized carbons (Fsp3) is 0.444. The molecule has 70 heavy (non-hydrogen) atoms. The summed E-state index contributed by atoms with van der Waals surface area (Å²) in [5, 5.41) is 5.67. The molecule has 4 aromatic rings. The van der Waals surface area contributed by atoms with Gasteiger partial charge in [0.05, 0.1) is 72.5 Å². The smallest absolute Gasteiger partial charge is 0.255 e. The summed E-state index contributed by atoms with van der Waals surface area (Å²) in [5.41, 5.74) is 8.05. The van der Waals surface area contributed by atoms with Crippen molar-refractivity contribution in [3.05, 3.63) is 131 Å². The van der Waals surface area contributed by atoms with E-state index in [-0.39, 0.29) is 24.1 Å². The number of carbonyl (C=O) groups is 4. The highest BCUT2D eigenvalue weighted by atomic mass is 35.5. The number of hydrogen-bond donors (Lipinski definition) is 2. The number of nitrogens with zero attached hydrogens (tertiary/aromatic N) is 3. The number of fused-ring (bicyclic) bond motifs is 1. The van der Waals surface area contributed by atoms with Gasteiger partial charge in [-0.25, -0.2) is 0 Å². The number of alkyl halides is 1. The van der Waals surface area contributed by atoms with Crippen molar-refractivity contribution in [2.75, 3.05) is 123 Å². The standard InChI is InChI=1S/C54H66ClN5O10/c55-22-20-45(41-8-3-1-4-9-41)52(42-10-5-2-6-11-42)43-14-16-44(17-15-43)70-31-28-58-24-26-59(27-25-58)51(62)21-29-65-32-34-67-36-38-69-39-37-68-35-33-66-30-23-56-48-13-7-12-46-47(48)40-60(54(46)64)49-18-19-50(61)57-53(49)63/h1-17,49,56H,18-40H2,(H,57,61,63)/b52-45-. The molecule has 3 aliphatic rings. The van der Waals surface area contributed by atoms with Crippen LogP contribution in [-0.4, -0.2) is 162 Å². The van der Waals surface area contributed by atoms with Gasteiger partial charge >= 0.3 is 0 Å². The molecule has 16 heteroatoms. The Labute approximate surface area is 416 Å². The number of amides is 4. The fourth-order valence-electron chi connectivity index (χ4n) is 8.81. The molecule has 7 rings (SSSR count). The second-order valence-corrected chi connectivity index (χ2v) is 17.5. The molecule has 1 atom stereocenters. The average molecular weight is 981 g/mol. The molecule has 0 radical (unpaired) electrons. The summed E-state index contributed by atoms with van der Waals surface area (Å²) in [4.78, 5) is 55.6. The zero-order chi connectivity index (χ0) is 48.8. The van der Waals surface area contributed by atoms with E-state index in [1.54, 1.807) is 11.0 Å². The molecule has 0 spiro atoms. The van der Waals surface area contributed by atoms with E-state index < -0.39 is 11.9 Å². The van der Waals surface area contributed by atoms with Crippen LogP contribution in [0.4, 0.5) is 5.69 Å². The predicted octanol–water partition coefficient (Wildman–Crippen LogP) is 6.14. The van der Waals surface area contributed by atoms with Crippen LogP contribution in [0.5, 0.6) is 5.75 Å². The first-order valence-corrected chi connectivity index (χ1v) is 25.0. The van der Waals surface area contributed by atoms with Crippen LogP contribution in [0.3, 0.4) is 0 Å². The molecule has 1 unspecified atom stereocenters. The second-order valence-electron chi connectivity index (χ2n) is 17.1. The predicted molar refractivity (Wildman–Crippen MR) is 269 cm³/mol. The van der Waals surface area contributed by atoms with Crippen molar-refractivity contribution in [3.8, 4) is 5.75 Å². The SMILES string of the molecule is O=C1CCC(N2Cc3c(NCCOCCOCCOCCOCCOCCC(=O)N4CCN(CCOc5ccc(/C(=C(/CCCl)c6ccccc6)c6ccccc6)cc5)CC4)cccc3C2=O)C(=O)N1. The van der Waals surface area contributed by atoms with Crippen LogP contribution in [0.1, 0.15) is 58.3 Å². The van der Waals surface area contributed by atoms with Gasteiger partial charge in [0.25, 0.3) is 5.91 Å². The van der Waals surface area contributed by atoms with Crippen LogP contribution in [0.25, 0.3) is 11.1 Å². The summed E-state index contributed by atoms with van der Waals surface area (Å²) >= 11 is 6.33. The van der Waals surface area contributed by atoms with Crippen molar-refractivity contribution in [2.24, 2.45) is 0 Å². The summed E-state index contributed by atoms with van der Waals surface area (Å²) in [6.45, 7) is 9.43. The minimum atomic E-state index is -0.647. The molecule has 3 aliphatic heterocycles. The maximum atomic E-state index is 13.0. The molecule has 15 nitrogen and oxygen atoms in total. The Morgan fingerprint density at radius 1 is 0.643 bits per heavy atom. The Kier molecular flexibility index (Phi) is 21.1. The van der Waals surface area contributed by atoms with Gasteiger partial charge in [-0.2, -0.15) is 0 Å². The van der Waals surface area contributed by atoms with E-state index >= 15 is 0 Å². The number of allylic oxidation sites excluding steroid dienone is 1. The minimum absolute atomic E-state index is 0.106. The molecule has 2 N–H and O–H groups in total. The highest BCUT2D eigenvalue weighted by Gasteiger charge is 2.39.